The minimum absolute atomic E-state index is 0.151. The Morgan fingerprint density at radius 2 is 1.69 bits per heavy atom. The Hall–Kier alpha value is -1.51. The van der Waals surface area contributed by atoms with E-state index in [2.05, 4.69) is 4.74 Å². The van der Waals surface area contributed by atoms with Crippen LogP contribution in [0.25, 0.3) is 0 Å². The molecule has 0 N–H and O–H groups in total. The van der Waals surface area contributed by atoms with Crippen molar-refractivity contribution in [2.24, 2.45) is 0 Å². The summed E-state index contributed by atoms with van der Waals surface area (Å²) in [6.07, 6.45) is 0.151. The van der Waals surface area contributed by atoms with Crippen molar-refractivity contribution in [1.29, 1.82) is 0 Å². The van der Waals surface area contributed by atoms with Gasteiger partial charge in [0.25, 0.3) is 6.47 Å². The van der Waals surface area contributed by atoms with Gasteiger partial charge in [-0.3, -0.25) is 4.79 Å². The Morgan fingerprint density at radius 3 is 2.15 bits per heavy atom. The monoisotopic (exact) mass is 180 g/mol. The Kier molecular flexibility index (Phi) is 3.31. The number of carbonyl (C=O) groups excluding carboxylic acids is 1. The van der Waals surface area contributed by atoms with E-state index in [0.717, 1.165) is 5.75 Å². The van der Waals surface area contributed by atoms with Crippen molar-refractivity contribution in [1.82, 2.24) is 0 Å². The summed E-state index contributed by atoms with van der Waals surface area (Å²) in [4.78, 5) is 9.98. The molecule has 0 aromatic heterocycles. The summed E-state index contributed by atoms with van der Waals surface area (Å²) in [7, 11) is 0. The van der Waals surface area contributed by atoms with E-state index < -0.39 is 0 Å². The van der Waals surface area contributed by atoms with Gasteiger partial charge in [0.1, 0.15) is 11.5 Å². The summed E-state index contributed by atoms with van der Waals surface area (Å²) in [6.45, 7) is 4.31. The molecule has 0 saturated heterocycles. The Morgan fingerprint density at radius 1 is 1.15 bits per heavy atom. The van der Waals surface area contributed by atoms with E-state index in [9.17, 15) is 4.79 Å². The molecule has 0 amide bonds. The molecule has 0 unspecified atom stereocenters. The second kappa shape index (κ2) is 4.50. The normalized spacial score (nSPS) is 9.77. The summed E-state index contributed by atoms with van der Waals surface area (Å²) in [5.74, 6) is 1.29. The predicted molar refractivity (Wildman–Crippen MR) is 48.9 cm³/mol. The van der Waals surface area contributed by atoms with Gasteiger partial charge in [0.05, 0.1) is 6.10 Å². The molecule has 1 aromatic carbocycles. The van der Waals surface area contributed by atoms with Crippen molar-refractivity contribution in [3.05, 3.63) is 24.3 Å². The Balaban J connectivity index is 2.63. The van der Waals surface area contributed by atoms with Gasteiger partial charge in [-0.2, -0.15) is 0 Å². The third kappa shape index (κ3) is 3.15. The van der Waals surface area contributed by atoms with Gasteiger partial charge in [-0.1, -0.05) is 0 Å². The molecule has 1 rings (SSSR count). The predicted octanol–water partition coefficient (Wildman–Crippen LogP) is 2.01. The molecule has 70 valence electrons. The van der Waals surface area contributed by atoms with Crippen molar-refractivity contribution in [3.63, 3.8) is 0 Å². The van der Waals surface area contributed by atoms with E-state index in [1.54, 1.807) is 24.3 Å². The third-order valence-electron chi connectivity index (χ3n) is 1.38. The number of ether oxygens (including phenoxy) is 2. The van der Waals surface area contributed by atoms with E-state index in [0.29, 0.717) is 12.2 Å². The SMILES string of the molecule is CC(C)Oc1ccc(OC=O)cc1. The highest BCUT2D eigenvalue weighted by atomic mass is 16.5. The molecule has 0 saturated carbocycles. The summed E-state index contributed by atoms with van der Waals surface area (Å²) in [5, 5.41) is 0. The van der Waals surface area contributed by atoms with Crippen molar-refractivity contribution >= 4 is 6.47 Å². The van der Waals surface area contributed by atoms with Gasteiger partial charge < -0.3 is 9.47 Å². The Labute approximate surface area is 77.3 Å². The number of benzene rings is 1. The van der Waals surface area contributed by atoms with Crippen molar-refractivity contribution in [3.8, 4) is 11.5 Å². The maximum Gasteiger partial charge on any atom is 0.298 e. The fourth-order valence-electron chi connectivity index (χ4n) is 0.924. The number of hydrogen-bond acceptors (Lipinski definition) is 3. The van der Waals surface area contributed by atoms with Gasteiger partial charge in [-0.25, -0.2) is 0 Å². The fourth-order valence-corrected chi connectivity index (χ4v) is 0.924. The van der Waals surface area contributed by atoms with Crippen LogP contribution >= 0.6 is 0 Å². The summed E-state index contributed by atoms with van der Waals surface area (Å²) < 4.78 is 10.0. The van der Waals surface area contributed by atoms with Crippen LogP contribution < -0.4 is 9.47 Å². The molecule has 0 spiro atoms. The van der Waals surface area contributed by atoms with Crippen LogP contribution in [-0.2, 0) is 4.79 Å². The van der Waals surface area contributed by atoms with Gasteiger partial charge in [0, 0.05) is 0 Å². The molecule has 0 radical (unpaired) electrons. The molecule has 3 heteroatoms. The summed E-state index contributed by atoms with van der Waals surface area (Å²) >= 11 is 0. The largest absolute Gasteiger partial charge is 0.491 e. The van der Waals surface area contributed by atoms with Gasteiger partial charge in [-0.05, 0) is 38.1 Å². The third-order valence-corrected chi connectivity index (χ3v) is 1.38. The molecule has 0 aliphatic carbocycles. The molecular formula is C10H12O3. The molecule has 0 atom stereocenters. The maximum absolute atomic E-state index is 9.98. The van der Waals surface area contributed by atoms with E-state index >= 15 is 0 Å². The molecule has 3 nitrogen and oxygen atoms in total. The summed E-state index contributed by atoms with van der Waals surface area (Å²) in [5.41, 5.74) is 0. The molecule has 0 aliphatic rings. The van der Waals surface area contributed by atoms with Gasteiger partial charge in [-0.15, -0.1) is 0 Å². The molecule has 0 bridgehead atoms. The average molecular weight is 180 g/mol. The number of carbonyl (C=O) groups is 1. The van der Waals surface area contributed by atoms with Gasteiger partial charge >= 0.3 is 0 Å². The van der Waals surface area contributed by atoms with Crippen LogP contribution in [0.5, 0.6) is 11.5 Å². The minimum Gasteiger partial charge on any atom is -0.491 e. The smallest absolute Gasteiger partial charge is 0.298 e. The Bertz CT molecular complexity index is 264. The van der Waals surface area contributed by atoms with Crippen molar-refractivity contribution in [2.75, 3.05) is 0 Å². The van der Waals surface area contributed by atoms with Crippen LogP contribution in [0.4, 0.5) is 0 Å². The van der Waals surface area contributed by atoms with Crippen LogP contribution in [0, 0.1) is 0 Å². The molecule has 0 fully saturated rings. The highest BCUT2D eigenvalue weighted by Gasteiger charge is 1.97. The lowest BCUT2D eigenvalue weighted by atomic mass is 10.3. The zero-order valence-electron chi connectivity index (χ0n) is 7.69. The van der Waals surface area contributed by atoms with Gasteiger partial charge in [0.15, 0.2) is 0 Å². The lowest BCUT2D eigenvalue weighted by molar-refractivity contribution is -0.120. The molecule has 0 aliphatic heterocycles. The van der Waals surface area contributed by atoms with Crippen LogP contribution in [0.1, 0.15) is 13.8 Å². The highest BCUT2D eigenvalue weighted by Crippen LogP contribution is 2.17. The number of hydrogen-bond donors (Lipinski definition) is 0. The quantitative estimate of drug-likeness (QED) is 0.665. The van der Waals surface area contributed by atoms with Crippen molar-refractivity contribution in [2.45, 2.75) is 20.0 Å². The van der Waals surface area contributed by atoms with E-state index in [1.165, 1.54) is 0 Å². The number of rotatable bonds is 4. The van der Waals surface area contributed by atoms with E-state index in [-0.39, 0.29) is 6.10 Å². The van der Waals surface area contributed by atoms with Crippen molar-refractivity contribution < 1.29 is 14.3 Å². The first-order chi connectivity index (χ1) is 6.22. The van der Waals surface area contributed by atoms with Crippen LogP contribution in [-0.4, -0.2) is 12.6 Å². The summed E-state index contributed by atoms with van der Waals surface area (Å²) in [6, 6.07) is 6.90. The lowest BCUT2D eigenvalue weighted by Crippen LogP contribution is -2.05. The van der Waals surface area contributed by atoms with E-state index in [4.69, 9.17) is 4.74 Å². The zero-order valence-corrected chi connectivity index (χ0v) is 7.69. The highest BCUT2D eigenvalue weighted by molar-refractivity contribution is 5.45. The molecule has 0 heterocycles. The topological polar surface area (TPSA) is 35.5 Å². The second-order valence-electron chi connectivity index (χ2n) is 2.85. The first-order valence-corrected chi connectivity index (χ1v) is 4.09. The first-order valence-electron chi connectivity index (χ1n) is 4.09. The standard InChI is InChI=1S/C10H12O3/c1-8(2)13-10-5-3-9(4-6-10)12-7-11/h3-8H,1-2H3. The molecule has 13 heavy (non-hydrogen) atoms. The zero-order chi connectivity index (χ0) is 9.68. The van der Waals surface area contributed by atoms with Crippen LogP contribution in [0.15, 0.2) is 24.3 Å². The first kappa shape index (κ1) is 9.58. The lowest BCUT2D eigenvalue weighted by Gasteiger charge is -2.09. The minimum atomic E-state index is 0.151. The second-order valence-corrected chi connectivity index (χ2v) is 2.85. The fraction of sp³-hybridized carbons (Fsp3) is 0.300. The van der Waals surface area contributed by atoms with Crippen LogP contribution in [0.3, 0.4) is 0 Å². The molecular weight excluding hydrogens is 168 g/mol. The van der Waals surface area contributed by atoms with Crippen LogP contribution in [0.2, 0.25) is 0 Å². The molecule has 1 aromatic rings. The maximum atomic E-state index is 9.98. The van der Waals surface area contributed by atoms with Gasteiger partial charge in [0.2, 0.25) is 0 Å². The van der Waals surface area contributed by atoms with E-state index in [1.807, 2.05) is 13.8 Å². The average Bonchev–Trinajstić information content (AvgIpc) is 2.08.